The van der Waals surface area contributed by atoms with Crippen LogP contribution in [0.5, 0.6) is 0 Å². The molecular formula is C51H98O6. The molecule has 1 atom stereocenters. The number of carbonyl (C=O) groups is 3. The smallest absolute Gasteiger partial charge is 0.306 e. The van der Waals surface area contributed by atoms with Crippen LogP contribution in [0.4, 0.5) is 0 Å². The summed E-state index contributed by atoms with van der Waals surface area (Å²) in [5.74, 6) is -0.0144. The van der Waals surface area contributed by atoms with Gasteiger partial charge in [-0.15, -0.1) is 0 Å². The summed E-state index contributed by atoms with van der Waals surface area (Å²) in [5.41, 5.74) is 0. The zero-order valence-electron chi connectivity index (χ0n) is 38.8. The molecule has 0 aromatic rings. The summed E-state index contributed by atoms with van der Waals surface area (Å²) in [6.07, 6.45) is 46.6. The first-order chi connectivity index (χ1) is 27.9. The third-order valence-electron chi connectivity index (χ3n) is 11.5. The molecule has 0 saturated heterocycles. The highest BCUT2D eigenvalue weighted by Gasteiger charge is 2.19. The van der Waals surface area contributed by atoms with Crippen LogP contribution < -0.4 is 0 Å². The molecule has 0 aromatic heterocycles. The average Bonchev–Trinajstić information content (AvgIpc) is 3.19. The van der Waals surface area contributed by atoms with E-state index in [1.165, 1.54) is 180 Å². The Labute approximate surface area is 355 Å². The van der Waals surface area contributed by atoms with E-state index in [1.807, 2.05) is 0 Å². The highest BCUT2D eigenvalue weighted by atomic mass is 16.6. The lowest BCUT2D eigenvalue weighted by Gasteiger charge is -2.18. The molecule has 57 heavy (non-hydrogen) atoms. The van der Waals surface area contributed by atoms with Gasteiger partial charge in [0.25, 0.3) is 0 Å². The van der Waals surface area contributed by atoms with E-state index >= 15 is 0 Å². The van der Waals surface area contributed by atoms with Gasteiger partial charge in [-0.3, -0.25) is 14.4 Å². The summed E-state index contributed by atoms with van der Waals surface area (Å²) in [7, 11) is 0. The lowest BCUT2D eigenvalue weighted by Crippen LogP contribution is -2.30. The second-order valence-corrected chi connectivity index (χ2v) is 17.9. The molecule has 0 saturated carbocycles. The van der Waals surface area contributed by atoms with Gasteiger partial charge >= 0.3 is 17.9 Å². The van der Waals surface area contributed by atoms with Crippen molar-refractivity contribution in [2.45, 2.75) is 291 Å². The van der Waals surface area contributed by atoms with Crippen LogP contribution in [-0.2, 0) is 28.6 Å². The first kappa shape index (κ1) is 55.4. The van der Waals surface area contributed by atoms with Crippen LogP contribution in [0, 0.1) is 5.92 Å². The van der Waals surface area contributed by atoms with Crippen molar-refractivity contribution in [2.75, 3.05) is 13.2 Å². The minimum Gasteiger partial charge on any atom is -0.462 e. The van der Waals surface area contributed by atoms with E-state index < -0.39 is 6.10 Å². The minimum atomic E-state index is -0.759. The van der Waals surface area contributed by atoms with E-state index in [-0.39, 0.29) is 31.1 Å². The first-order valence-corrected chi connectivity index (χ1v) is 25.4. The molecule has 0 aliphatic carbocycles. The van der Waals surface area contributed by atoms with Crippen molar-refractivity contribution in [3.05, 3.63) is 0 Å². The zero-order valence-corrected chi connectivity index (χ0v) is 38.8. The largest absolute Gasteiger partial charge is 0.462 e. The topological polar surface area (TPSA) is 78.9 Å². The fourth-order valence-corrected chi connectivity index (χ4v) is 7.69. The van der Waals surface area contributed by atoms with E-state index in [4.69, 9.17) is 14.2 Å². The molecule has 0 bridgehead atoms. The molecule has 0 heterocycles. The van der Waals surface area contributed by atoms with Gasteiger partial charge in [0.05, 0.1) is 0 Å². The number of hydrogen-bond donors (Lipinski definition) is 0. The van der Waals surface area contributed by atoms with Gasteiger partial charge in [-0.1, -0.05) is 246 Å². The molecule has 0 spiro atoms. The SMILES string of the molecule is CCCCCCCCCCCCCCCCCC(=O)OC[C@@H](COC(=O)CCCCCCCCCCCCCCC(C)C)OC(=O)CCCCCCCCCCC. The lowest BCUT2D eigenvalue weighted by atomic mass is 10.0. The quantitative estimate of drug-likeness (QED) is 0.0346. The number of esters is 3. The number of carbonyl (C=O) groups excluding carboxylic acids is 3. The number of hydrogen-bond acceptors (Lipinski definition) is 6. The summed E-state index contributed by atoms with van der Waals surface area (Å²) in [6, 6.07) is 0. The Morgan fingerprint density at radius 1 is 0.333 bits per heavy atom. The summed E-state index contributed by atoms with van der Waals surface area (Å²) in [6.45, 7) is 9.01. The third kappa shape index (κ3) is 45.3. The molecule has 338 valence electrons. The van der Waals surface area contributed by atoms with Crippen LogP contribution >= 0.6 is 0 Å². The van der Waals surface area contributed by atoms with Crippen molar-refractivity contribution < 1.29 is 28.6 Å². The third-order valence-corrected chi connectivity index (χ3v) is 11.5. The van der Waals surface area contributed by atoms with Gasteiger partial charge in [0.2, 0.25) is 0 Å². The van der Waals surface area contributed by atoms with E-state index in [0.717, 1.165) is 63.7 Å². The fraction of sp³-hybridized carbons (Fsp3) is 0.941. The predicted octanol–water partition coefficient (Wildman–Crippen LogP) is 16.3. The minimum absolute atomic E-state index is 0.0630. The molecule has 0 unspecified atom stereocenters. The second-order valence-electron chi connectivity index (χ2n) is 17.9. The Bertz CT molecular complexity index is 857. The van der Waals surface area contributed by atoms with Crippen molar-refractivity contribution >= 4 is 17.9 Å². The predicted molar refractivity (Wildman–Crippen MR) is 243 cm³/mol. The Morgan fingerprint density at radius 2 is 0.579 bits per heavy atom. The van der Waals surface area contributed by atoms with Crippen LogP contribution in [0.3, 0.4) is 0 Å². The van der Waals surface area contributed by atoms with Gasteiger partial charge in [0, 0.05) is 19.3 Å². The zero-order chi connectivity index (χ0) is 41.7. The summed E-state index contributed by atoms with van der Waals surface area (Å²) >= 11 is 0. The normalized spacial score (nSPS) is 11.9. The van der Waals surface area contributed by atoms with E-state index in [9.17, 15) is 14.4 Å². The second kappa shape index (κ2) is 45.5. The van der Waals surface area contributed by atoms with Crippen LogP contribution in [0.15, 0.2) is 0 Å². The van der Waals surface area contributed by atoms with Crippen molar-refractivity contribution in [2.24, 2.45) is 5.92 Å². The van der Waals surface area contributed by atoms with Gasteiger partial charge in [-0.2, -0.15) is 0 Å². The maximum Gasteiger partial charge on any atom is 0.306 e. The fourth-order valence-electron chi connectivity index (χ4n) is 7.69. The Hall–Kier alpha value is -1.59. The number of ether oxygens (including phenoxy) is 3. The van der Waals surface area contributed by atoms with Crippen molar-refractivity contribution in [1.82, 2.24) is 0 Å². The molecule has 6 nitrogen and oxygen atoms in total. The maximum atomic E-state index is 12.7. The van der Waals surface area contributed by atoms with Crippen LogP contribution in [0.1, 0.15) is 285 Å². The molecule has 0 rings (SSSR count). The van der Waals surface area contributed by atoms with Crippen LogP contribution in [-0.4, -0.2) is 37.2 Å². The van der Waals surface area contributed by atoms with E-state index in [1.54, 1.807) is 0 Å². The van der Waals surface area contributed by atoms with Gasteiger partial charge < -0.3 is 14.2 Å². The lowest BCUT2D eigenvalue weighted by molar-refractivity contribution is -0.167. The Kier molecular flexibility index (Phi) is 44.2. The van der Waals surface area contributed by atoms with Crippen LogP contribution in [0.2, 0.25) is 0 Å². The molecule has 0 N–H and O–H groups in total. The summed E-state index contributed by atoms with van der Waals surface area (Å²) in [4.78, 5) is 37.8. The van der Waals surface area contributed by atoms with Gasteiger partial charge in [-0.25, -0.2) is 0 Å². The Balaban J connectivity index is 4.24. The standard InChI is InChI=1S/C51H98O6/c1-5-7-9-11-13-15-16-17-18-19-23-27-30-34-38-42-49(52)55-45-48(57-51(54)44-40-36-32-25-14-12-10-8-6-2)46-56-50(53)43-39-35-31-28-24-21-20-22-26-29-33-37-41-47(3)4/h47-48H,5-46H2,1-4H3/t48-/m0/s1. The van der Waals surface area contributed by atoms with Crippen molar-refractivity contribution in [3.8, 4) is 0 Å². The molecule has 0 radical (unpaired) electrons. The van der Waals surface area contributed by atoms with Gasteiger partial charge in [0.1, 0.15) is 13.2 Å². The van der Waals surface area contributed by atoms with Crippen LogP contribution in [0.25, 0.3) is 0 Å². The molecule has 0 aromatic carbocycles. The summed E-state index contributed by atoms with van der Waals surface area (Å²) < 4.78 is 16.8. The molecule has 0 amide bonds. The monoisotopic (exact) mass is 807 g/mol. The molecule has 0 fully saturated rings. The van der Waals surface area contributed by atoms with Crippen molar-refractivity contribution in [1.29, 1.82) is 0 Å². The van der Waals surface area contributed by atoms with E-state index in [0.29, 0.717) is 19.3 Å². The van der Waals surface area contributed by atoms with Gasteiger partial charge in [0.15, 0.2) is 6.10 Å². The van der Waals surface area contributed by atoms with E-state index in [2.05, 4.69) is 27.7 Å². The molecule has 6 heteroatoms. The number of rotatable bonds is 46. The maximum absolute atomic E-state index is 12.7. The molecular weight excluding hydrogens is 709 g/mol. The highest BCUT2D eigenvalue weighted by molar-refractivity contribution is 5.71. The van der Waals surface area contributed by atoms with Gasteiger partial charge in [-0.05, 0) is 25.2 Å². The van der Waals surface area contributed by atoms with Crippen molar-refractivity contribution in [3.63, 3.8) is 0 Å². The number of unbranched alkanes of at least 4 members (excludes halogenated alkanes) is 33. The average molecular weight is 807 g/mol. The first-order valence-electron chi connectivity index (χ1n) is 25.4. The Morgan fingerprint density at radius 3 is 0.860 bits per heavy atom. The summed E-state index contributed by atoms with van der Waals surface area (Å²) in [5, 5.41) is 0. The molecule has 0 aliphatic heterocycles. The molecule has 0 aliphatic rings. The highest BCUT2D eigenvalue weighted by Crippen LogP contribution is 2.17.